The summed E-state index contributed by atoms with van der Waals surface area (Å²) in [7, 11) is 0. The second-order valence-electron chi connectivity index (χ2n) is 15.6. The molecule has 0 saturated carbocycles. The van der Waals surface area contributed by atoms with Gasteiger partial charge in [0.15, 0.2) is 0 Å². The van der Waals surface area contributed by atoms with Gasteiger partial charge in [0.1, 0.15) is 0 Å². The zero-order valence-corrected chi connectivity index (χ0v) is 34.5. The van der Waals surface area contributed by atoms with E-state index in [0.29, 0.717) is 0 Å². The molecule has 0 atom stereocenters. The van der Waals surface area contributed by atoms with Crippen LogP contribution >= 0.6 is 0 Å². The Morgan fingerprint density at radius 2 is 0.967 bits per heavy atom. The maximum Gasteiger partial charge on any atom is 0.0462 e. The summed E-state index contributed by atoms with van der Waals surface area (Å²) in [6, 6.07) is 72.9. The van der Waals surface area contributed by atoms with Crippen LogP contribution in [0.4, 0.5) is 17.1 Å². The van der Waals surface area contributed by atoms with Crippen LogP contribution in [0.1, 0.15) is 41.5 Å². The first-order valence-electron chi connectivity index (χ1n) is 21.4. The van der Waals surface area contributed by atoms with Crippen molar-refractivity contribution >= 4 is 28.7 Å². The molecule has 8 aromatic rings. The second kappa shape index (κ2) is 18.6. The highest BCUT2D eigenvalue weighted by Crippen LogP contribution is 2.39. The van der Waals surface area contributed by atoms with Gasteiger partial charge in [-0.2, -0.15) is 0 Å². The molecule has 0 saturated heterocycles. The fourth-order valence-electron chi connectivity index (χ4n) is 8.42. The molecule has 0 N–H and O–H groups in total. The van der Waals surface area contributed by atoms with Crippen LogP contribution < -0.4 is 4.90 Å². The molecule has 1 nitrogen and oxygen atoms in total. The van der Waals surface area contributed by atoms with Gasteiger partial charge in [0.25, 0.3) is 0 Å². The van der Waals surface area contributed by atoms with Crippen LogP contribution in [-0.2, 0) is 6.42 Å². The average molecular weight is 784 g/mol. The van der Waals surface area contributed by atoms with Gasteiger partial charge < -0.3 is 4.90 Å². The predicted molar refractivity (Wildman–Crippen MR) is 262 cm³/mol. The van der Waals surface area contributed by atoms with Crippen LogP contribution in [0.15, 0.2) is 237 Å². The summed E-state index contributed by atoms with van der Waals surface area (Å²) >= 11 is 0. The van der Waals surface area contributed by atoms with Crippen molar-refractivity contribution in [3.8, 4) is 44.5 Å². The van der Waals surface area contributed by atoms with E-state index in [4.69, 9.17) is 0 Å². The third-order valence-corrected chi connectivity index (χ3v) is 11.7. The van der Waals surface area contributed by atoms with E-state index in [9.17, 15) is 0 Å². The number of hydrogen-bond donors (Lipinski definition) is 0. The molecule has 9 rings (SSSR count). The number of allylic oxidation sites excluding steroid dienone is 6. The molecule has 0 unspecified atom stereocenters. The molecule has 0 radical (unpaired) electrons. The van der Waals surface area contributed by atoms with Crippen molar-refractivity contribution < 1.29 is 0 Å². The average Bonchev–Trinajstić information content (AvgIpc) is 3.63. The first-order chi connectivity index (χ1) is 30.2. The van der Waals surface area contributed by atoms with Gasteiger partial charge in [-0.15, -0.1) is 0 Å². The molecule has 1 aliphatic carbocycles. The van der Waals surface area contributed by atoms with Crippen LogP contribution in [0.5, 0.6) is 0 Å². The van der Waals surface area contributed by atoms with Crippen molar-refractivity contribution in [3.63, 3.8) is 0 Å². The predicted octanol–water partition coefficient (Wildman–Crippen LogP) is 16.7. The number of rotatable bonds is 12. The zero-order valence-electron chi connectivity index (χ0n) is 34.5. The van der Waals surface area contributed by atoms with E-state index in [1.807, 2.05) is 12.2 Å². The van der Waals surface area contributed by atoms with Crippen molar-refractivity contribution in [1.29, 1.82) is 0 Å². The number of anilines is 3. The maximum absolute atomic E-state index is 3.86. The molecule has 1 aliphatic rings. The van der Waals surface area contributed by atoms with Gasteiger partial charge in [-0.05, 0) is 140 Å². The van der Waals surface area contributed by atoms with Gasteiger partial charge in [-0.25, -0.2) is 0 Å². The molecule has 0 fully saturated rings. The SMILES string of the molecule is C=C/C=C\c1ccccc1Cc1ccc(N(c2ccc(-c3ccc(-c4ccccc4)cc3)cc2)c2ccc(-c3ccc(-c4ccccc4)c(C4=CCC=CCC4)c3)cc2)cc1. The Balaban J connectivity index is 1.05. The first-order valence-corrected chi connectivity index (χ1v) is 21.4. The molecule has 1 heteroatoms. The molecule has 0 aliphatic heterocycles. The molecule has 8 aromatic carbocycles. The summed E-state index contributed by atoms with van der Waals surface area (Å²) in [6.07, 6.45) is 16.9. The number of benzene rings is 8. The van der Waals surface area contributed by atoms with Crippen molar-refractivity contribution in [2.75, 3.05) is 4.90 Å². The fourth-order valence-corrected chi connectivity index (χ4v) is 8.42. The molecular weight excluding hydrogens is 735 g/mol. The summed E-state index contributed by atoms with van der Waals surface area (Å²) in [4.78, 5) is 2.36. The van der Waals surface area contributed by atoms with Gasteiger partial charge in [-0.3, -0.25) is 0 Å². The minimum atomic E-state index is 0.850. The zero-order chi connectivity index (χ0) is 41.2. The summed E-state index contributed by atoms with van der Waals surface area (Å²) in [5.74, 6) is 0. The van der Waals surface area contributed by atoms with E-state index in [1.54, 1.807) is 0 Å². The van der Waals surface area contributed by atoms with Crippen molar-refractivity contribution in [1.82, 2.24) is 0 Å². The van der Waals surface area contributed by atoms with Crippen LogP contribution in [0.3, 0.4) is 0 Å². The molecule has 0 spiro atoms. The third kappa shape index (κ3) is 9.08. The Morgan fingerprint density at radius 1 is 0.459 bits per heavy atom. The standard InChI is InChI=1S/C60H49N/c1-2-3-16-47-19-14-15-24-54(47)43-45-25-36-56(37-26-45)61(57-38-31-50(32-39-57)49-29-27-48(28-30-49)46-17-10-6-11-18-46)58-40-33-51(34-41-58)55-35-42-59(52-20-12-7-13-21-52)60(44-55)53-22-8-4-5-9-23-53/h2-7,10-22,24-42,44H,1,8-9,23,43H2/b16-3-. The van der Waals surface area contributed by atoms with E-state index in [1.165, 1.54) is 72.3 Å². The fraction of sp³-hybridized carbons (Fsp3) is 0.0667. The topological polar surface area (TPSA) is 3.24 Å². The first kappa shape index (κ1) is 39.0. The highest BCUT2D eigenvalue weighted by molar-refractivity contribution is 5.86. The van der Waals surface area contributed by atoms with Crippen molar-refractivity contribution in [2.24, 2.45) is 0 Å². The Bertz CT molecular complexity index is 2810. The van der Waals surface area contributed by atoms with Crippen molar-refractivity contribution in [3.05, 3.63) is 259 Å². The second-order valence-corrected chi connectivity index (χ2v) is 15.6. The molecule has 61 heavy (non-hydrogen) atoms. The molecule has 0 aromatic heterocycles. The van der Waals surface area contributed by atoms with Crippen molar-refractivity contribution in [2.45, 2.75) is 25.7 Å². The normalized spacial score (nSPS) is 12.5. The van der Waals surface area contributed by atoms with Gasteiger partial charge in [0.2, 0.25) is 0 Å². The molecule has 0 bridgehead atoms. The summed E-state index contributed by atoms with van der Waals surface area (Å²) < 4.78 is 0. The number of nitrogens with zero attached hydrogens (tertiary/aromatic N) is 1. The van der Waals surface area contributed by atoms with Gasteiger partial charge >= 0.3 is 0 Å². The van der Waals surface area contributed by atoms with Crippen LogP contribution in [-0.4, -0.2) is 0 Å². The highest BCUT2D eigenvalue weighted by Gasteiger charge is 2.16. The van der Waals surface area contributed by atoms with Gasteiger partial charge in [-0.1, -0.05) is 201 Å². The van der Waals surface area contributed by atoms with E-state index in [2.05, 4.69) is 236 Å². The lowest BCUT2D eigenvalue weighted by Crippen LogP contribution is -2.10. The lowest BCUT2D eigenvalue weighted by atomic mass is 9.89. The Hall–Kier alpha value is -7.48. The Labute approximate surface area is 361 Å². The quantitative estimate of drug-likeness (QED) is 0.0881. The summed E-state index contributed by atoms with van der Waals surface area (Å²) in [6.45, 7) is 3.86. The van der Waals surface area contributed by atoms with Crippen LogP contribution in [0.25, 0.3) is 56.2 Å². The molecule has 294 valence electrons. The van der Waals surface area contributed by atoms with Gasteiger partial charge in [0.05, 0.1) is 0 Å². The molecular formula is C60H49N. The van der Waals surface area contributed by atoms with Crippen LogP contribution in [0.2, 0.25) is 0 Å². The number of hydrogen-bond acceptors (Lipinski definition) is 1. The van der Waals surface area contributed by atoms with E-state index in [0.717, 1.165) is 42.7 Å². The Kier molecular flexibility index (Phi) is 11.9. The minimum absolute atomic E-state index is 0.850. The largest absolute Gasteiger partial charge is 0.311 e. The molecule has 0 amide bonds. The monoisotopic (exact) mass is 783 g/mol. The van der Waals surface area contributed by atoms with Crippen LogP contribution in [0, 0.1) is 0 Å². The highest BCUT2D eigenvalue weighted by atomic mass is 15.1. The van der Waals surface area contributed by atoms with Gasteiger partial charge in [0, 0.05) is 17.1 Å². The Morgan fingerprint density at radius 3 is 1.59 bits per heavy atom. The lowest BCUT2D eigenvalue weighted by molar-refractivity contribution is 1.08. The summed E-state index contributed by atoms with van der Waals surface area (Å²) in [5, 5.41) is 0. The smallest absolute Gasteiger partial charge is 0.0462 e. The minimum Gasteiger partial charge on any atom is -0.311 e. The third-order valence-electron chi connectivity index (χ3n) is 11.7. The summed E-state index contributed by atoms with van der Waals surface area (Å²) in [5.41, 5.74) is 19.6. The van der Waals surface area contributed by atoms with E-state index >= 15 is 0 Å². The van der Waals surface area contributed by atoms with E-state index < -0.39 is 0 Å². The lowest BCUT2D eigenvalue weighted by Gasteiger charge is -2.26. The van der Waals surface area contributed by atoms with E-state index in [-0.39, 0.29) is 0 Å². The molecule has 0 heterocycles. The maximum atomic E-state index is 3.86.